The third kappa shape index (κ3) is 3.62. The van der Waals surface area contributed by atoms with Crippen molar-refractivity contribution in [3.05, 3.63) is 33.8 Å². The van der Waals surface area contributed by atoms with E-state index < -0.39 is 5.60 Å². The summed E-state index contributed by atoms with van der Waals surface area (Å²) in [4.78, 5) is 13.9. The highest BCUT2D eigenvalue weighted by Crippen LogP contribution is 2.53. The number of rotatable bonds is 2. The van der Waals surface area contributed by atoms with Crippen molar-refractivity contribution in [3.8, 4) is 6.07 Å². The molecule has 1 saturated carbocycles. The maximum atomic E-state index is 12.0. The van der Waals surface area contributed by atoms with Gasteiger partial charge in [-0.05, 0) is 70.1 Å². The summed E-state index contributed by atoms with van der Waals surface area (Å²) in [5.41, 5.74) is 2.66. The molecule has 1 aromatic carbocycles. The van der Waals surface area contributed by atoms with Crippen LogP contribution in [0.3, 0.4) is 0 Å². The molecule has 5 heteroatoms. The summed E-state index contributed by atoms with van der Waals surface area (Å²) in [5.74, 6) is 0.618. The van der Waals surface area contributed by atoms with Crippen LogP contribution in [0.1, 0.15) is 50.3 Å². The van der Waals surface area contributed by atoms with Crippen molar-refractivity contribution in [3.63, 3.8) is 0 Å². The Labute approximate surface area is 154 Å². The van der Waals surface area contributed by atoms with Crippen molar-refractivity contribution >= 4 is 17.7 Å². The number of nitrogens with zero attached hydrogens (tertiary/aromatic N) is 2. The van der Waals surface area contributed by atoms with Crippen molar-refractivity contribution < 1.29 is 9.53 Å². The average Bonchev–Trinajstić information content (AvgIpc) is 2.40. The number of halogens is 1. The first-order valence-electron chi connectivity index (χ1n) is 8.78. The monoisotopic (exact) mass is 360 g/mol. The molecule has 1 aliphatic heterocycles. The average molecular weight is 361 g/mol. The van der Waals surface area contributed by atoms with Gasteiger partial charge in [0.1, 0.15) is 11.7 Å². The number of ether oxygens (including phenoxy) is 1. The van der Waals surface area contributed by atoms with E-state index in [1.165, 1.54) is 5.56 Å². The summed E-state index contributed by atoms with van der Waals surface area (Å²) >= 11 is 6.08. The van der Waals surface area contributed by atoms with Gasteiger partial charge >= 0.3 is 6.09 Å². The second-order valence-electron chi connectivity index (χ2n) is 8.63. The van der Waals surface area contributed by atoms with E-state index in [0.29, 0.717) is 21.9 Å². The highest BCUT2D eigenvalue weighted by atomic mass is 35.5. The number of nitriles is 1. The molecule has 25 heavy (non-hydrogen) atoms. The van der Waals surface area contributed by atoms with Crippen LogP contribution in [-0.4, -0.2) is 29.7 Å². The molecule has 1 spiro atoms. The first-order chi connectivity index (χ1) is 11.6. The Morgan fingerprint density at radius 2 is 2.04 bits per heavy atom. The van der Waals surface area contributed by atoms with Crippen LogP contribution < -0.4 is 0 Å². The van der Waals surface area contributed by atoms with Crippen molar-refractivity contribution in [2.75, 3.05) is 13.1 Å². The topological polar surface area (TPSA) is 53.3 Å². The smallest absolute Gasteiger partial charge is 0.410 e. The zero-order chi connectivity index (χ0) is 18.4. The first kappa shape index (κ1) is 18.1. The molecule has 1 amide bonds. The molecule has 134 valence electrons. The van der Waals surface area contributed by atoms with Gasteiger partial charge in [-0.15, -0.1) is 0 Å². The fourth-order valence-corrected chi connectivity index (χ4v) is 4.42. The molecule has 0 aromatic heterocycles. The van der Waals surface area contributed by atoms with Gasteiger partial charge < -0.3 is 9.64 Å². The van der Waals surface area contributed by atoms with Crippen LogP contribution in [0, 0.1) is 29.6 Å². The second-order valence-corrected chi connectivity index (χ2v) is 9.04. The molecule has 1 aromatic rings. The summed E-state index contributed by atoms with van der Waals surface area (Å²) < 4.78 is 5.42. The van der Waals surface area contributed by atoms with Crippen molar-refractivity contribution in [2.45, 2.75) is 52.6 Å². The van der Waals surface area contributed by atoms with Crippen molar-refractivity contribution in [1.29, 1.82) is 5.26 Å². The fraction of sp³-hybridized carbons (Fsp3) is 0.600. The molecule has 1 heterocycles. The van der Waals surface area contributed by atoms with E-state index in [4.69, 9.17) is 16.3 Å². The first-order valence-corrected chi connectivity index (χ1v) is 9.16. The van der Waals surface area contributed by atoms with E-state index in [-0.39, 0.29) is 6.09 Å². The summed E-state index contributed by atoms with van der Waals surface area (Å²) in [6.45, 7) is 9.27. The Bertz CT molecular complexity index is 731. The minimum Gasteiger partial charge on any atom is -0.444 e. The lowest BCUT2D eigenvalue weighted by Crippen LogP contribution is -2.64. The number of carbonyl (C=O) groups is 1. The Kier molecular flexibility index (Phi) is 4.49. The van der Waals surface area contributed by atoms with Gasteiger partial charge in [0, 0.05) is 18.5 Å². The molecular formula is C20H25ClN2O2. The number of hydrogen-bond acceptors (Lipinski definition) is 3. The largest absolute Gasteiger partial charge is 0.444 e. The van der Waals surface area contributed by atoms with Gasteiger partial charge in [0.15, 0.2) is 0 Å². The third-order valence-corrected chi connectivity index (χ3v) is 5.61. The Morgan fingerprint density at radius 3 is 2.60 bits per heavy atom. The van der Waals surface area contributed by atoms with Crippen LogP contribution in [-0.2, 0) is 11.2 Å². The fourth-order valence-electron chi connectivity index (χ4n) is 4.18. The minimum absolute atomic E-state index is 0.200. The highest BCUT2D eigenvalue weighted by Gasteiger charge is 2.54. The molecule has 1 aliphatic carbocycles. The highest BCUT2D eigenvalue weighted by molar-refractivity contribution is 6.31. The van der Waals surface area contributed by atoms with Gasteiger partial charge in [0.25, 0.3) is 0 Å². The molecular weight excluding hydrogens is 336 g/mol. The van der Waals surface area contributed by atoms with Crippen LogP contribution in [0.4, 0.5) is 4.79 Å². The molecule has 2 aliphatic rings. The van der Waals surface area contributed by atoms with Crippen LogP contribution in [0.15, 0.2) is 12.1 Å². The van der Waals surface area contributed by atoms with E-state index in [0.717, 1.165) is 37.9 Å². The molecule has 1 saturated heterocycles. The lowest BCUT2D eigenvalue weighted by Gasteiger charge is -2.59. The SMILES string of the molecule is Cc1c(CC2CC3(C2)CN(C(=O)OC(C)(C)C)C3)ccc(Cl)c1C#N. The molecule has 3 rings (SSSR count). The van der Waals surface area contributed by atoms with Gasteiger partial charge in [-0.3, -0.25) is 0 Å². The molecule has 4 nitrogen and oxygen atoms in total. The molecule has 0 bridgehead atoms. The van der Waals surface area contributed by atoms with E-state index >= 15 is 0 Å². The number of likely N-dealkylation sites (tertiary alicyclic amines) is 1. The van der Waals surface area contributed by atoms with E-state index in [2.05, 4.69) is 6.07 Å². The van der Waals surface area contributed by atoms with Crippen LogP contribution in [0.5, 0.6) is 0 Å². The van der Waals surface area contributed by atoms with E-state index in [9.17, 15) is 10.1 Å². The minimum atomic E-state index is -0.438. The van der Waals surface area contributed by atoms with Gasteiger partial charge in [-0.1, -0.05) is 17.7 Å². The summed E-state index contributed by atoms with van der Waals surface area (Å²) in [7, 11) is 0. The Morgan fingerprint density at radius 1 is 1.40 bits per heavy atom. The van der Waals surface area contributed by atoms with Crippen LogP contribution in [0.2, 0.25) is 5.02 Å². The standard InChI is InChI=1S/C20H25ClN2O2/c1-13-15(5-6-17(21)16(13)10-22)7-14-8-20(9-14)11-23(12-20)18(24)25-19(2,3)4/h5-6,14H,7-9,11-12H2,1-4H3. The zero-order valence-corrected chi connectivity index (χ0v) is 16.1. The van der Waals surface area contributed by atoms with Crippen molar-refractivity contribution in [1.82, 2.24) is 4.90 Å². The maximum Gasteiger partial charge on any atom is 0.410 e. The quantitative estimate of drug-likeness (QED) is 0.767. The normalized spacial score (nSPS) is 19.1. The summed E-state index contributed by atoms with van der Waals surface area (Å²) in [5, 5.41) is 9.77. The number of carbonyl (C=O) groups excluding carboxylic acids is 1. The van der Waals surface area contributed by atoms with Gasteiger partial charge in [0.05, 0.1) is 10.6 Å². The molecule has 0 N–H and O–H groups in total. The predicted molar refractivity (Wildman–Crippen MR) is 97.6 cm³/mol. The maximum absolute atomic E-state index is 12.0. The van der Waals surface area contributed by atoms with E-state index in [1.54, 1.807) is 0 Å². The lowest BCUT2D eigenvalue weighted by molar-refractivity contribution is -0.0947. The van der Waals surface area contributed by atoms with Crippen LogP contribution in [0.25, 0.3) is 0 Å². The Hall–Kier alpha value is -1.73. The molecule has 0 radical (unpaired) electrons. The number of amides is 1. The second kappa shape index (κ2) is 6.21. The number of hydrogen-bond donors (Lipinski definition) is 0. The van der Waals surface area contributed by atoms with Crippen molar-refractivity contribution in [2.24, 2.45) is 11.3 Å². The zero-order valence-electron chi connectivity index (χ0n) is 15.4. The molecule has 0 atom stereocenters. The summed E-state index contributed by atoms with van der Waals surface area (Å²) in [6.07, 6.45) is 3.05. The Balaban J connectivity index is 1.52. The predicted octanol–water partition coefficient (Wildman–Crippen LogP) is 4.71. The molecule has 0 unspecified atom stereocenters. The van der Waals surface area contributed by atoms with Gasteiger partial charge in [-0.25, -0.2) is 4.79 Å². The summed E-state index contributed by atoms with van der Waals surface area (Å²) in [6, 6.07) is 6.06. The van der Waals surface area contributed by atoms with Crippen LogP contribution >= 0.6 is 11.6 Å². The van der Waals surface area contributed by atoms with Gasteiger partial charge in [0.2, 0.25) is 0 Å². The molecule has 2 fully saturated rings. The van der Waals surface area contributed by atoms with Gasteiger partial charge in [-0.2, -0.15) is 5.26 Å². The van der Waals surface area contributed by atoms with E-state index in [1.807, 2.05) is 44.7 Å². The lowest BCUT2D eigenvalue weighted by atomic mass is 9.56. The third-order valence-electron chi connectivity index (χ3n) is 5.29. The number of benzene rings is 1.